The van der Waals surface area contributed by atoms with Crippen LogP contribution in [0.4, 0.5) is 17.6 Å². The average molecular weight is 417 g/mol. The Labute approximate surface area is 170 Å². The summed E-state index contributed by atoms with van der Waals surface area (Å²) in [5.74, 6) is 0.342. The van der Waals surface area contributed by atoms with Crippen molar-refractivity contribution in [1.82, 2.24) is 0 Å². The zero-order valence-corrected chi connectivity index (χ0v) is 17.0. The number of hydrogen-bond acceptors (Lipinski definition) is 0. The first kappa shape index (κ1) is 21.7. The van der Waals surface area contributed by atoms with Gasteiger partial charge in [-0.1, -0.05) is 18.9 Å². The lowest BCUT2D eigenvalue weighted by Gasteiger charge is -2.37. The normalized spacial score (nSPS) is 28.9. The van der Waals surface area contributed by atoms with Crippen LogP contribution in [0.3, 0.4) is 0 Å². The van der Waals surface area contributed by atoms with Gasteiger partial charge in [0.1, 0.15) is 17.2 Å². The molecule has 2 fully saturated rings. The summed E-state index contributed by atoms with van der Waals surface area (Å²) in [4.78, 5) is 0. The van der Waals surface area contributed by atoms with Gasteiger partial charge in [-0.05, 0) is 104 Å². The smallest absolute Gasteiger partial charge is 0.206 e. The van der Waals surface area contributed by atoms with Gasteiger partial charge in [0.25, 0.3) is 0 Å². The largest absolute Gasteiger partial charge is 0.353 e. The molecular weight excluding hydrogens is 388 g/mol. The van der Waals surface area contributed by atoms with Crippen molar-refractivity contribution in [3.63, 3.8) is 0 Å². The van der Waals surface area contributed by atoms with Gasteiger partial charge in [0.2, 0.25) is 0 Å². The summed E-state index contributed by atoms with van der Waals surface area (Å²) in [6.45, 7) is 3.91. The van der Waals surface area contributed by atoms with E-state index in [9.17, 15) is 17.6 Å². The van der Waals surface area contributed by atoms with Crippen molar-refractivity contribution in [3.8, 4) is 0 Å². The van der Waals surface area contributed by atoms with Gasteiger partial charge < -0.3 is 0 Å². The van der Waals surface area contributed by atoms with Gasteiger partial charge in [0.15, 0.2) is 0 Å². The highest BCUT2D eigenvalue weighted by atomic mass is 35.5. The maximum absolute atomic E-state index is 13.9. The first-order chi connectivity index (χ1) is 13.3. The van der Waals surface area contributed by atoms with Crippen LogP contribution in [0, 0.1) is 35.3 Å². The molecule has 28 heavy (non-hydrogen) atoms. The van der Waals surface area contributed by atoms with Crippen molar-refractivity contribution < 1.29 is 17.6 Å². The van der Waals surface area contributed by atoms with Gasteiger partial charge in [-0.25, -0.2) is 8.78 Å². The van der Waals surface area contributed by atoms with Crippen LogP contribution in [0.5, 0.6) is 0 Å². The number of hydrogen-bond donors (Lipinski definition) is 0. The lowest BCUT2D eigenvalue weighted by molar-refractivity contribution is 0.0858. The zero-order chi connectivity index (χ0) is 20.3. The Morgan fingerprint density at radius 1 is 0.929 bits per heavy atom. The van der Waals surface area contributed by atoms with Crippen LogP contribution in [-0.2, 0) is 11.8 Å². The molecule has 0 nitrogen and oxygen atoms in total. The molecule has 2 aliphatic carbocycles. The average Bonchev–Trinajstić information content (AvgIpc) is 2.65. The molecule has 0 heterocycles. The maximum Gasteiger partial charge on any atom is 0.353 e. The molecule has 0 bridgehead atoms. The minimum absolute atomic E-state index is 0.421. The van der Waals surface area contributed by atoms with E-state index in [1.807, 2.05) is 0 Å². The predicted molar refractivity (Wildman–Crippen MR) is 106 cm³/mol. The van der Waals surface area contributed by atoms with Crippen molar-refractivity contribution in [1.29, 1.82) is 0 Å². The number of allylic oxidation sites excluding steroid dienone is 1. The Bertz CT molecular complexity index is 643. The van der Waals surface area contributed by atoms with Gasteiger partial charge in [-0.3, -0.25) is 0 Å². The highest BCUT2D eigenvalue weighted by molar-refractivity contribution is 6.21. The fraction of sp³-hybridized carbons (Fsp3) is 0.652. The summed E-state index contributed by atoms with van der Waals surface area (Å²) >= 11 is 4.80. The topological polar surface area (TPSA) is 0 Å². The van der Waals surface area contributed by atoms with Crippen LogP contribution in [0.2, 0.25) is 0 Å². The Kier molecular flexibility index (Phi) is 7.12. The first-order valence-corrected chi connectivity index (χ1v) is 10.8. The summed E-state index contributed by atoms with van der Waals surface area (Å²) in [5, 5.41) is -4.03. The maximum atomic E-state index is 13.9. The van der Waals surface area contributed by atoms with E-state index < -0.39 is 22.6 Å². The fourth-order valence-electron chi connectivity index (χ4n) is 5.21. The van der Waals surface area contributed by atoms with E-state index in [2.05, 4.69) is 12.7 Å². The molecule has 0 aliphatic heterocycles. The molecule has 0 unspecified atom stereocenters. The molecule has 5 heteroatoms. The summed E-state index contributed by atoms with van der Waals surface area (Å²) in [7, 11) is 0. The number of halogens is 5. The third-order valence-corrected chi connectivity index (χ3v) is 7.12. The molecular formula is C23H29ClF4. The van der Waals surface area contributed by atoms with Gasteiger partial charge >= 0.3 is 5.38 Å². The van der Waals surface area contributed by atoms with E-state index in [4.69, 9.17) is 11.6 Å². The molecule has 0 atom stereocenters. The highest BCUT2D eigenvalue weighted by Gasteiger charge is 2.35. The Balaban J connectivity index is 1.48. The Morgan fingerprint density at radius 2 is 1.43 bits per heavy atom. The van der Waals surface area contributed by atoms with E-state index in [-0.39, 0.29) is 0 Å². The Hall–Kier alpha value is -1.03. The first-order valence-electron chi connectivity index (χ1n) is 10.5. The quantitative estimate of drug-likeness (QED) is 0.250. The summed E-state index contributed by atoms with van der Waals surface area (Å²) in [6.07, 6.45) is 13.3. The van der Waals surface area contributed by atoms with E-state index in [1.165, 1.54) is 38.5 Å². The van der Waals surface area contributed by atoms with Crippen LogP contribution in [0.1, 0.15) is 68.9 Å². The van der Waals surface area contributed by atoms with E-state index >= 15 is 0 Å². The van der Waals surface area contributed by atoms with Gasteiger partial charge in [0, 0.05) is 0 Å². The predicted octanol–water partition coefficient (Wildman–Crippen LogP) is 7.98. The number of alkyl halides is 3. The molecule has 3 rings (SSSR count). The summed E-state index contributed by atoms with van der Waals surface area (Å²) < 4.78 is 53.9. The lowest BCUT2D eigenvalue weighted by atomic mass is 9.68. The third-order valence-electron chi connectivity index (χ3n) is 6.93. The van der Waals surface area contributed by atoms with Crippen LogP contribution in [-0.4, -0.2) is 0 Å². The minimum Gasteiger partial charge on any atom is -0.206 e. The van der Waals surface area contributed by atoms with Gasteiger partial charge in [0.05, 0.1) is 0 Å². The second-order valence-corrected chi connectivity index (χ2v) is 9.14. The molecule has 0 aromatic heterocycles. The van der Waals surface area contributed by atoms with Crippen molar-refractivity contribution in [3.05, 3.63) is 47.5 Å². The molecule has 0 amide bonds. The number of aryl methyl sites for hydroxylation is 1. The molecule has 156 valence electrons. The van der Waals surface area contributed by atoms with E-state index in [0.29, 0.717) is 23.8 Å². The van der Waals surface area contributed by atoms with Gasteiger partial charge in [-0.15, -0.1) is 6.58 Å². The molecule has 2 saturated carbocycles. The minimum atomic E-state index is -4.03. The highest BCUT2D eigenvalue weighted by Crippen LogP contribution is 2.42. The van der Waals surface area contributed by atoms with Crippen LogP contribution in [0.25, 0.3) is 0 Å². The second-order valence-electron chi connectivity index (χ2n) is 8.66. The SMILES string of the molecule is C=CC1CCC(C2CCC(CCc3cc(F)c(C(F)(F)Cl)c(F)c3)CC2)CC1. The molecule has 1 aromatic carbocycles. The summed E-state index contributed by atoms with van der Waals surface area (Å²) in [6, 6.07) is 2.00. The van der Waals surface area contributed by atoms with E-state index in [1.54, 1.807) is 0 Å². The molecule has 0 saturated heterocycles. The molecule has 1 aromatic rings. The number of benzene rings is 1. The second kappa shape index (κ2) is 9.19. The Morgan fingerprint density at radius 3 is 1.89 bits per heavy atom. The van der Waals surface area contributed by atoms with Crippen molar-refractivity contribution in [2.75, 3.05) is 0 Å². The summed E-state index contributed by atoms with van der Waals surface area (Å²) in [5.41, 5.74) is -0.936. The van der Waals surface area contributed by atoms with Crippen LogP contribution < -0.4 is 0 Å². The monoisotopic (exact) mass is 416 g/mol. The zero-order valence-electron chi connectivity index (χ0n) is 16.2. The van der Waals surface area contributed by atoms with Crippen LogP contribution in [0.15, 0.2) is 24.8 Å². The standard InChI is InChI=1S/C23H29ClF4/c1-2-15-5-9-18(10-6-15)19-11-7-16(8-12-19)3-4-17-13-20(25)22(21(26)14-17)23(24,27)28/h2,13-16,18-19H,1,3-12H2. The van der Waals surface area contributed by atoms with E-state index in [0.717, 1.165) is 43.2 Å². The fourth-order valence-corrected chi connectivity index (χ4v) is 5.39. The third kappa shape index (κ3) is 5.31. The number of rotatable bonds is 6. The van der Waals surface area contributed by atoms with Crippen molar-refractivity contribution in [2.45, 2.75) is 69.6 Å². The van der Waals surface area contributed by atoms with Crippen LogP contribution >= 0.6 is 11.6 Å². The molecule has 0 radical (unpaired) electrons. The van der Waals surface area contributed by atoms with Crippen molar-refractivity contribution in [2.24, 2.45) is 23.7 Å². The van der Waals surface area contributed by atoms with Gasteiger partial charge in [-0.2, -0.15) is 8.78 Å². The molecule has 0 spiro atoms. The lowest BCUT2D eigenvalue weighted by Crippen LogP contribution is -2.25. The van der Waals surface area contributed by atoms with Crippen molar-refractivity contribution >= 4 is 11.6 Å². The molecule has 2 aliphatic rings. The molecule has 0 N–H and O–H groups in total.